The van der Waals surface area contributed by atoms with Gasteiger partial charge in [0, 0.05) is 0 Å². The minimum atomic E-state index is -1.88. The van der Waals surface area contributed by atoms with Crippen molar-refractivity contribution in [3.8, 4) is 0 Å². The molecule has 1 rings (SSSR count). The topological polar surface area (TPSA) is 115 Å². The Morgan fingerprint density at radius 3 is 2.68 bits per heavy atom. The van der Waals surface area contributed by atoms with Crippen LogP contribution in [0.15, 0.2) is 4.99 Å². The lowest BCUT2D eigenvalue weighted by Crippen LogP contribution is -2.50. The number of isocyanates is 1. The Hall–Kier alpha value is -1.65. The fourth-order valence-corrected chi connectivity index (χ4v) is 2.11. The minimum absolute atomic E-state index is 0.230. The molecule has 1 aromatic rings. The molecule has 1 atom stereocenters. The average molecular weight is 348 g/mol. The zero-order chi connectivity index (χ0) is 16.8. The van der Waals surface area contributed by atoms with E-state index in [9.17, 15) is 9.59 Å². The number of anilines is 1. The predicted octanol–water partition coefficient (Wildman–Crippen LogP) is 1.56. The molecule has 0 bridgehead atoms. The Labute approximate surface area is 135 Å². The molecule has 9 nitrogen and oxygen atoms in total. The average Bonchev–Trinajstić information content (AvgIpc) is 2.81. The van der Waals surface area contributed by atoms with Gasteiger partial charge in [0.05, 0.1) is 12.7 Å². The van der Waals surface area contributed by atoms with Gasteiger partial charge in [-0.1, -0.05) is 11.3 Å². The van der Waals surface area contributed by atoms with E-state index in [1.165, 1.54) is 6.08 Å². The van der Waals surface area contributed by atoms with Gasteiger partial charge < -0.3 is 10.1 Å². The summed E-state index contributed by atoms with van der Waals surface area (Å²) >= 11 is 5.95. The zero-order valence-corrected chi connectivity index (χ0v) is 14.1. The second-order valence-corrected chi connectivity index (χ2v) is 6.72. The first-order valence-electron chi connectivity index (χ1n) is 6.04. The van der Waals surface area contributed by atoms with Gasteiger partial charge >= 0.3 is 5.97 Å². The van der Waals surface area contributed by atoms with Gasteiger partial charge in [-0.3, -0.25) is 5.10 Å². The number of nitrogens with one attached hydrogen (secondary N) is 2. The monoisotopic (exact) mass is 348 g/mol. The number of H-pyrrole nitrogens is 1. The van der Waals surface area contributed by atoms with Crippen molar-refractivity contribution in [2.45, 2.75) is 32.0 Å². The number of hydrogen-bond acceptors (Lipinski definition) is 10. The molecule has 1 heterocycles. The highest BCUT2D eigenvalue weighted by molar-refractivity contribution is 7.73. The fourth-order valence-electron chi connectivity index (χ4n) is 1.25. The largest absolute Gasteiger partial charge is 0.466 e. The van der Waals surface area contributed by atoms with Crippen molar-refractivity contribution in [2.75, 3.05) is 19.0 Å². The lowest BCUT2D eigenvalue weighted by Gasteiger charge is -2.27. The number of aromatic nitrogens is 2. The zero-order valence-electron chi connectivity index (χ0n) is 12.5. The molecule has 22 heavy (non-hydrogen) atoms. The molecule has 0 spiro atoms. The Morgan fingerprint density at radius 2 is 2.23 bits per heavy atom. The van der Waals surface area contributed by atoms with E-state index >= 15 is 0 Å². The number of nitrogens with zero attached hydrogens (tertiary/aromatic N) is 2. The molecule has 0 aliphatic rings. The lowest BCUT2D eigenvalue weighted by atomic mass is 10.2. The minimum Gasteiger partial charge on any atom is -0.466 e. The van der Waals surface area contributed by atoms with E-state index in [1.54, 1.807) is 20.8 Å². The van der Waals surface area contributed by atoms with Crippen molar-refractivity contribution in [3.05, 3.63) is 3.95 Å². The lowest BCUT2D eigenvalue weighted by molar-refractivity contribution is -0.352. The molecule has 0 aliphatic carbocycles. The SMILES string of the molecule is COC(=O)[C@](COOC(C)(C)C)(N=C=O)Nc1n[nH]c(=S)s1. The summed E-state index contributed by atoms with van der Waals surface area (Å²) in [5.41, 5.74) is -2.50. The molecule has 0 aromatic carbocycles. The highest BCUT2D eigenvalue weighted by Crippen LogP contribution is 2.22. The van der Waals surface area contributed by atoms with Gasteiger partial charge in [-0.05, 0) is 33.0 Å². The first kappa shape index (κ1) is 18.4. The summed E-state index contributed by atoms with van der Waals surface area (Å²) in [6, 6.07) is 0. The summed E-state index contributed by atoms with van der Waals surface area (Å²) in [5.74, 6) is -0.866. The number of aliphatic imine (C=N–C) groups is 1. The molecule has 0 unspecified atom stereocenters. The summed E-state index contributed by atoms with van der Waals surface area (Å²) in [5, 5.41) is 9.25. The molecule has 11 heteroatoms. The van der Waals surface area contributed by atoms with Crippen molar-refractivity contribution in [1.29, 1.82) is 0 Å². The van der Waals surface area contributed by atoms with Crippen molar-refractivity contribution in [1.82, 2.24) is 10.2 Å². The fraction of sp³-hybridized carbons (Fsp3) is 0.636. The molecule has 122 valence electrons. The van der Waals surface area contributed by atoms with Gasteiger partial charge in [-0.2, -0.15) is 4.99 Å². The number of carbonyl (C=O) groups is 1. The first-order chi connectivity index (χ1) is 10.2. The number of ether oxygens (including phenoxy) is 1. The van der Waals surface area contributed by atoms with Crippen LogP contribution in [0.25, 0.3) is 0 Å². The van der Waals surface area contributed by atoms with Gasteiger partial charge in [0.25, 0.3) is 5.66 Å². The molecule has 0 saturated carbocycles. The van der Waals surface area contributed by atoms with Crippen molar-refractivity contribution in [3.63, 3.8) is 0 Å². The Bertz CT molecular complexity index is 616. The number of aromatic amines is 1. The molecule has 0 radical (unpaired) electrons. The van der Waals surface area contributed by atoms with Gasteiger partial charge in [0.1, 0.15) is 6.61 Å². The quantitative estimate of drug-likeness (QED) is 0.190. The Morgan fingerprint density at radius 1 is 1.55 bits per heavy atom. The van der Waals surface area contributed by atoms with E-state index < -0.39 is 23.8 Å². The van der Waals surface area contributed by atoms with Gasteiger partial charge in [-0.15, -0.1) is 5.10 Å². The number of methoxy groups -OCH3 is 1. The molecule has 0 aliphatic heterocycles. The van der Waals surface area contributed by atoms with Crippen LogP contribution in [0.5, 0.6) is 0 Å². The third-order valence-electron chi connectivity index (χ3n) is 2.09. The normalized spacial score (nSPS) is 13.8. The van der Waals surface area contributed by atoms with E-state index in [-0.39, 0.29) is 5.13 Å². The summed E-state index contributed by atoms with van der Waals surface area (Å²) in [7, 11) is 1.15. The third kappa shape index (κ3) is 5.28. The molecular weight excluding hydrogens is 332 g/mol. The molecule has 0 fully saturated rings. The van der Waals surface area contributed by atoms with Crippen molar-refractivity contribution in [2.24, 2.45) is 4.99 Å². The maximum absolute atomic E-state index is 12.0. The van der Waals surface area contributed by atoms with Crippen molar-refractivity contribution < 1.29 is 24.1 Å². The van der Waals surface area contributed by atoms with Crippen LogP contribution in [0.4, 0.5) is 5.13 Å². The van der Waals surface area contributed by atoms with E-state index in [1.807, 2.05) is 0 Å². The van der Waals surface area contributed by atoms with Crippen molar-refractivity contribution >= 4 is 40.7 Å². The van der Waals surface area contributed by atoms with Crippen LogP contribution in [-0.2, 0) is 24.1 Å². The smallest absolute Gasteiger partial charge is 0.358 e. The standard InChI is InChI=1S/C11H16N4O5S2/c1-10(2,3)20-19-5-11(12-6-16,7(17)18-4)13-8-14-15-9(21)22-8/h5H2,1-4H3,(H,13,14)(H,15,21)/t11-/m1/s1. The van der Waals surface area contributed by atoms with E-state index in [4.69, 9.17) is 22.0 Å². The summed E-state index contributed by atoms with van der Waals surface area (Å²) < 4.78 is 5.04. The molecule has 2 N–H and O–H groups in total. The van der Waals surface area contributed by atoms with E-state index in [0.29, 0.717) is 3.95 Å². The van der Waals surface area contributed by atoms with Gasteiger partial charge in [-0.25, -0.2) is 19.4 Å². The second-order valence-electron chi connectivity index (χ2n) is 5.06. The van der Waals surface area contributed by atoms with Gasteiger partial charge in [0.15, 0.2) is 3.95 Å². The van der Waals surface area contributed by atoms with E-state index in [0.717, 1.165) is 18.4 Å². The highest BCUT2D eigenvalue weighted by Gasteiger charge is 2.42. The van der Waals surface area contributed by atoms with Crippen LogP contribution in [0.3, 0.4) is 0 Å². The maximum atomic E-state index is 12.0. The summed E-state index contributed by atoms with van der Waals surface area (Å²) in [6.45, 7) is 4.83. The molecule has 0 saturated heterocycles. The maximum Gasteiger partial charge on any atom is 0.358 e. The van der Waals surface area contributed by atoms with Crippen LogP contribution in [0.2, 0.25) is 0 Å². The number of hydrogen-bond donors (Lipinski definition) is 2. The van der Waals surface area contributed by atoms with Crippen LogP contribution in [0, 0.1) is 3.95 Å². The van der Waals surface area contributed by atoms with Crippen LogP contribution >= 0.6 is 23.6 Å². The van der Waals surface area contributed by atoms with Crippen LogP contribution in [-0.4, -0.2) is 47.2 Å². The van der Waals surface area contributed by atoms with Gasteiger partial charge in [0.2, 0.25) is 11.2 Å². The van der Waals surface area contributed by atoms with Crippen LogP contribution in [0.1, 0.15) is 20.8 Å². The van der Waals surface area contributed by atoms with Crippen LogP contribution < -0.4 is 5.32 Å². The molecule has 1 aromatic heterocycles. The Balaban J connectivity index is 3.03. The highest BCUT2D eigenvalue weighted by atomic mass is 32.1. The second kappa shape index (κ2) is 7.56. The number of esters is 1. The third-order valence-corrected chi connectivity index (χ3v) is 3.09. The molecular formula is C11H16N4O5S2. The van der Waals surface area contributed by atoms with E-state index in [2.05, 4.69) is 25.2 Å². The predicted molar refractivity (Wildman–Crippen MR) is 80.6 cm³/mol. The first-order valence-corrected chi connectivity index (χ1v) is 7.27. The number of rotatable bonds is 7. The Kier molecular flexibility index (Phi) is 6.33. The number of carbonyl (C=O) groups excluding carboxylic acids is 2. The summed E-state index contributed by atoms with van der Waals surface area (Å²) in [4.78, 5) is 36.3. The molecule has 0 amide bonds. The summed E-state index contributed by atoms with van der Waals surface area (Å²) in [6.07, 6.45) is 1.32.